The van der Waals surface area contributed by atoms with E-state index >= 15 is 0 Å². The minimum Gasteiger partial charge on any atom is -1.00 e. The largest absolute Gasteiger partial charge is 1.00 e. The first-order chi connectivity index (χ1) is 3.73. The Kier molecular flexibility index (Phi) is 10.8. The Bertz CT molecular complexity index is 79.4. The van der Waals surface area contributed by atoms with Gasteiger partial charge in [0.1, 0.15) is 0 Å². The van der Waals surface area contributed by atoms with E-state index in [4.69, 9.17) is 4.79 Å². The minimum absolute atomic E-state index is 0. The molecule has 0 aliphatic rings. The average Bonchev–Trinajstić information content (AvgIpc) is 1.19. The highest BCUT2D eigenvalue weighted by atomic mass is 35.5. The van der Waals surface area contributed by atoms with Crippen LogP contribution in [-0.2, 0) is 0 Å². The monoisotopic (exact) mass is 169 g/mol. The molecule has 0 unspecified atom stereocenters. The van der Waals surface area contributed by atoms with Gasteiger partial charge < -0.3 is 28.4 Å². The molecular weight excluding hydrogens is 154 g/mol. The fraction of sp³-hybridized carbons (Fsp3) is 0.800. The Morgan fingerprint density at radius 2 is 1.10 bits per heavy atom. The van der Waals surface area contributed by atoms with Crippen LogP contribution < -0.4 is 23.9 Å². The number of nitrogens with zero attached hydrogens (tertiary/aromatic N) is 1. The van der Waals surface area contributed by atoms with Gasteiger partial charge in [0.05, 0.1) is 28.2 Å². The molecule has 0 atom stereocenters. The SMILES string of the molecule is C[N+](C)(C)C.NC(N)=O.[Cl-]. The van der Waals surface area contributed by atoms with Gasteiger partial charge in [-0.2, -0.15) is 0 Å². The zero-order valence-corrected chi connectivity index (χ0v) is 7.64. The van der Waals surface area contributed by atoms with E-state index in [9.17, 15) is 0 Å². The van der Waals surface area contributed by atoms with Gasteiger partial charge in [0.25, 0.3) is 0 Å². The van der Waals surface area contributed by atoms with Crippen LogP contribution >= 0.6 is 0 Å². The first-order valence-corrected chi connectivity index (χ1v) is 2.57. The number of quaternary nitrogens is 1. The van der Waals surface area contributed by atoms with Gasteiger partial charge in [-0.25, -0.2) is 4.79 Å². The molecule has 0 aliphatic carbocycles. The van der Waals surface area contributed by atoms with E-state index in [1.54, 1.807) is 0 Å². The number of halogens is 1. The number of carbonyl (C=O) groups excluding carboxylic acids is 1. The van der Waals surface area contributed by atoms with Crippen molar-refractivity contribution < 1.29 is 21.7 Å². The van der Waals surface area contributed by atoms with Crippen molar-refractivity contribution in [2.24, 2.45) is 11.5 Å². The van der Waals surface area contributed by atoms with E-state index < -0.39 is 6.03 Å². The van der Waals surface area contributed by atoms with Crippen molar-refractivity contribution in [1.29, 1.82) is 0 Å². The van der Waals surface area contributed by atoms with Crippen molar-refractivity contribution in [2.45, 2.75) is 0 Å². The molecule has 0 radical (unpaired) electrons. The number of carbonyl (C=O) groups is 1. The summed E-state index contributed by atoms with van der Waals surface area (Å²) in [6.45, 7) is 0. The smallest absolute Gasteiger partial charge is 0.309 e. The zero-order chi connectivity index (χ0) is 8.08. The molecule has 4 N–H and O–H groups in total. The highest BCUT2D eigenvalue weighted by Gasteiger charge is 1.88. The summed E-state index contributed by atoms with van der Waals surface area (Å²) in [6.07, 6.45) is 0. The first-order valence-electron chi connectivity index (χ1n) is 2.57. The van der Waals surface area contributed by atoms with Gasteiger partial charge >= 0.3 is 6.03 Å². The van der Waals surface area contributed by atoms with Gasteiger partial charge in [-0.1, -0.05) is 0 Å². The van der Waals surface area contributed by atoms with Gasteiger partial charge in [0, 0.05) is 0 Å². The lowest BCUT2D eigenvalue weighted by molar-refractivity contribution is -0.849. The summed E-state index contributed by atoms with van der Waals surface area (Å²) in [4.78, 5) is 9.00. The minimum atomic E-state index is -0.833. The summed E-state index contributed by atoms with van der Waals surface area (Å²) in [5.41, 5.74) is 8.50. The van der Waals surface area contributed by atoms with Gasteiger partial charge in [-0.15, -0.1) is 0 Å². The molecule has 0 saturated carbocycles. The van der Waals surface area contributed by atoms with Crippen molar-refractivity contribution in [3.8, 4) is 0 Å². The lowest BCUT2D eigenvalue weighted by Gasteiger charge is -2.14. The van der Waals surface area contributed by atoms with E-state index in [-0.39, 0.29) is 12.4 Å². The summed E-state index contributed by atoms with van der Waals surface area (Å²) >= 11 is 0. The number of hydrogen-bond acceptors (Lipinski definition) is 1. The molecule has 0 fully saturated rings. The van der Waals surface area contributed by atoms with Gasteiger partial charge in [0.2, 0.25) is 0 Å². The molecule has 5 heteroatoms. The summed E-state index contributed by atoms with van der Waals surface area (Å²) in [5.74, 6) is 0. The topological polar surface area (TPSA) is 69.1 Å². The molecule has 0 rings (SSSR count). The summed E-state index contributed by atoms with van der Waals surface area (Å²) in [6, 6.07) is -0.833. The third-order valence-corrected chi connectivity index (χ3v) is 0. The second-order valence-electron chi connectivity index (χ2n) is 3.09. The molecule has 2 amide bonds. The number of hydrogen-bond donors (Lipinski definition) is 2. The maximum absolute atomic E-state index is 9.00. The Labute approximate surface area is 68.2 Å². The predicted octanol–water partition coefficient (Wildman–Crippen LogP) is -3.65. The van der Waals surface area contributed by atoms with Crippen LogP contribution in [0.15, 0.2) is 0 Å². The van der Waals surface area contributed by atoms with Crippen LogP contribution in [0.2, 0.25) is 0 Å². The molecule has 0 aromatic heterocycles. The maximum Gasteiger partial charge on any atom is 0.309 e. The molecule has 0 heterocycles. The lowest BCUT2D eigenvalue weighted by Crippen LogP contribution is -3.00. The van der Waals surface area contributed by atoms with Crippen LogP contribution in [0.25, 0.3) is 0 Å². The predicted molar refractivity (Wildman–Crippen MR) is 37.7 cm³/mol. The highest BCUT2D eigenvalue weighted by Crippen LogP contribution is 1.73. The van der Waals surface area contributed by atoms with Crippen molar-refractivity contribution in [3.63, 3.8) is 0 Å². The average molecular weight is 170 g/mol. The van der Waals surface area contributed by atoms with E-state index in [2.05, 4.69) is 39.7 Å². The van der Waals surface area contributed by atoms with E-state index in [0.29, 0.717) is 0 Å². The molecule has 0 aromatic rings. The van der Waals surface area contributed by atoms with E-state index in [1.165, 1.54) is 0 Å². The van der Waals surface area contributed by atoms with Crippen molar-refractivity contribution in [3.05, 3.63) is 0 Å². The Morgan fingerprint density at radius 3 is 1.10 bits per heavy atom. The quantitative estimate of drug-likeness (QED) is 0.361. The first kappa shape index (κ1) is 16.3. The lowest BCUT2D eigenvalue weighted by atomic mass is 10.8. The Hall–Kier alpha value is -0.480. The second-order valence-corrected chi connectivity index (χ2v) is 3.09. The summed E-state index contributed by atoms with van der Waals surface area (Å²) in [5, 5.41) is 0. The fourth-order valence-corrected chi connectivity index (χ4v) is 0. The molecule has 64 valence electrons. The van der Waals surface area contributed by atoms with E-state index in [0.717, 1.165) is 4.48 Å². The van der Waals surface area contributed by atoms with Crippen LogP contribution in [-0.4, -0.2) is 38.7 Å². The summed E-state index contributed by atoms with van der Waals surface area (Å²) < 4.78 is 1.00. The molecule has 10 heavy (non-hydrogen) atoms. The van der Waals surface area contributed by atoms with Gasteiger partial charge in [0.15, 0.2) is 0 Å². The number of amides is 2. The Morgan fingerprint density at radius 1 is 1.10 bits per heavy atom. The van der Waals surface area contributed by atoms with Crippen LogP contribution in [0.5, 0.6) is 0 Å². The molecule has 0 aromatic carbocycles. The van der Waals surface area contributed by atoms with Crippen LogP contribution in [0, 0.1) is 0 Å². The molecule has 0 bridgehead atoms. The molecule has 4 nitrogen and oxygen atoms in total. The third kappa shape index (κ3) is 1390. The normalized spacial score (nSPS) is 8.40. The number of rotatable bonds is 0. The zero-order valence-electron chi connectivity index (χ0n) is 6.89. The highest BCUT2D eigenvalue weighted by molar-refractivity contribution is 5.69. The third-order valence-electron chi connectivity index (χ3n) is 0. The van der Waals surface area contributed by atoms with Crippen LogP contribution in [0.3, 0.4) is 0 Å². The van der Waals surface area contributed by atoms with Gasteiger partial charge in [-0.05, 0) is 0 Å². The molecule has 0 saturated heterocycles. The van der Waals surface area contributed by atoms with Crippen molar-refractivity contribution in [1.82, 2.24) is 0 Å². The van der Waals surface area contributed by atoms with E-state index in [1.807, 2.05) is 0 Å². The van der Waals surface area contributed by atoms with Crippen molar-refractivity contribution >= 4 is 6.03 Å². The van der Waals surface area contributed by atoms with Crippen molar-refractivity contribution in [2.75, 3.05) is 28.2 Å². The standard InChI is InChI=1S/C4H12N.CH4N2O.ClH/c1-5(2,3)4;2-1(3)4;/h1-4H3;(H4,2,3,4);1H/q+1;;/p-1. The number of nitrogens with two attached hydrogens (primary N) is 2. The summed E-state index contributed by atoms with van der Waals surface area (Å²) in [7, 11) is 8.50. The maximum atomic E-state index is 9.00. The second kappa shape index (κ2) is 6.64. The fourth-order valence-electron chi connectivity index (χ4n) is 0. The number of primary amides is 2. The number of urea groups is 1. The Balaban J connectivity index is -0.0000000910. The molecular formula is C5H16ClN3O. The van der Waals surface area contributed by atoms with Gasteiger partial charge in [-0.3, -0.25) is 0 Å². The van der Waals surface area contributed by atoms with Crippen LogP contribution in [0.4, 0.5) is 4.79 Å². The van der Waals surface area contributed by atoms with Crippen LogP contribution in [0.1, 0.15) is 0 Å². The molecule has 0 spiro atoms. The molecule has 0 aliphatic heterocycles.